The first kappa shape index (κ1) is 11.3. The number of likely N-dealkylation sites (tertiary alicyclic amines) is 1. The van der Waals surface area contributed by atoms with Crippen LogP contribution in [0.3, 0.4) is 0 Å². The molecule has 0 aromatic heterocycles. The summed E-state index contributed by atoms with van der Waals surface area (Å²) in [5.41, 5.74) is 5.26. The number of hydrogen-bond acceptors (Lipinski definition) is 3. The molecule has 14 heavy (non-hydrogen) atoms. The minimum Gasteiger partial charge on any atom is -0.445 e. The first-order valence-corrected chi connectivity index (χ1v) is 5.05. The summed E-state index contributed by atoms with van der Waals surface area (Å²) in [6.07, 6.45) is 0.237. The van der Waals surface area contributed by atoms with E-state index < -0.39 is 6.09 Å². The molecule has 1 fully saturated rings. The van der Waals surface area contributed by atoms with Gasteiger partial charge in [-0.3, -0.25) is 4.90 Å². The Bertz CT molecular complexity index is 211. The largest absolute Gasteiger partial charge is 0.445 e. The maximum atomic E-state index is 10.5. The summed E-state index contributed by atoms with van der Waals surface area (Å²) < 4.78 is 4.95. The monoisotopic (exact) mass is 200 g/mol. The van der Waals surface area contributed by atoms with Crippen LogP contribution in [0.25, 0.3) is 0 Å². The molecular formula is C10H20N2O2. The number of amides is 1. The van der Waals surface area contributed by atoms with E-state index in [0.29, 0.717) is 5.41 Å². The van der Waals surface area contributed by atoms with Crippen LogP contribution < -0.4 is 5.73 Å². The number of ether oxygens (including phenoxy) is 1. The molecule has 1 rings (SSSR count). The lowest BCUT2D eigenvalue weighted by molar-refractivity contribution is 0.106. The summed E-state index contributed by atoms with van der Waals surface area (Å²) in [4.78, 5) is 12.8. The van der Waals surface area contributed by atoms with Crippen LogP contribution in [0.15, 0.2) is 0 Å². The Morgan fingerprint density at radius 3 is 2.71 bits per heavy atom. The quantitative estimate of drug-likeness (QED) is 0.728. The van der Waals surface area contributed by atoms with Crippen LogP contribution in [0, 0.1) is 5.41 Å². The number of rotatable bonds is 2. The first-order chi connectivity index (χ1) is 6.37. The minimum atomic E-state index is -0.660. The average molecular weight is 200 g/mol. The van der Waals surface area contributed by atoms with Crippen LogP contribution >= 0.6 is 0 Å². The lowest BCUT2D eigenvalue weighted by Gasteiger charge is -2.25. The Balaban J connectivity index is 2.31. The Morgan fingerprint density at radius 2 is 2.21 bits per heavy atom. The minimum absolute atomic E-state index is 0.00477. The molecule has 82 valence electrons. The van der Waals surface area contributed by atoms with Crippen LogP contribution in [0.4, 0.5) is 4.79 Å². The molecule has 0 aromatic carbocycles. The third-order valence-corrected chi connectivity index (χ3v) is 2.21. The SMILES string of the molecule is CC(C)(C)CN1CC[C@@H](OC(N)=O)C1. The van der Waals surface area contributed by atoms with E-state index in [1.807, 2.05) is 0 Å². The van der Waals surface area contributed by atoms with E-state index in [4.69, 9.17) is 10.5 Å². The maximum absolute atomic E-state index is 10.5. The summed E-state index contributed by atoms with van der Waals surface area (Å²) in [7, 11) is 0. The van der Waals surface area contributed by atoms with Gasteiger partial charge in [-0.15, -0.1) is 0 Å². The summed E-state index contributed by atoms with van der Waals surface area (Å²) in [6.45, 7) is 9.46. The van der Waals surface area contributed by atoms with Crippen LogP contribution in [-0.4, -0.2) is 36.7 Å². The molecule has 0 radical (unpaired) electrons. The zero-order valence-corrected chi connectivity index (χ0v) is 9.25. The number of carbonyl (C=O) groups excluding carboxylic acids is 1. The number of carbonyl (C=O) groups is 1. The van der Waals surface area contributed by atoms with Gasteiger partial charge in [0.05, 0.1) is 0 Å². The lowest BCUT2D eigenvalue weighted by atomic mass is 9.96. The van der Waals surface area contributed by atoms with Crippen molar-refractivity contribution in [2.45, 2.75) is 33.3 Å². The average Bonchev–Trinajstić information content (AvgIpc) is 2.30. The molecule has 0 aliphatic carbocycles. The van der Waals surface area contributed by atoms with E-state index in [9.17, 15) is 4.79 Å². The highest BCUT2D eigenvalue weighted by atomic mass is 16.6. The second kappa shape index (κ2) is 4.17. The van der Waals surface area contributed by atoms with E-state index in [2.05, 4.69) is 25.7 Å². The van der Waals surface area contributed by atoms with Gasteiger partial charge >= 0.3 is 6.09 Å². The molecule has 1 heterocycles. The van der Waals surface area contributed by atoms with Crippen molar-refractivity contribution in [2.24, 2.45) is 11.1 Å². The van der Waals surface area contributed by atoms with Gasteiger partial charge in [-0.2, -0.15) is 0 Å². The van der Waals surface area contributed by atoms with Crippen molar-refractivity contribution in [3.8, 4) is 0 Å². The maximum Gasteiger partial charge on any atom is 0.404 e. The van der Waals surface area contributed by atoms with Crippen molar-refractivity contribution >= 4 is 6.09 Å². The van der Waals surface area contributed by atoms with E-state index in [1.165, 1.54) is 0 Å². The molecule has 0 saturated carbocycles. The van der Waals surface area contributed by atoms with Crippen molar-refractivity contribution < 1.29 is 9.53 Å². The van der Waals surface area contributed by atoms with Gasteiger partial charge in [-0.05, 0) is 11.8 Å². The normalized spacial score (nSPS) is 23.8. The van der Waals surface area contributed by atoms with Crippen LogP contribution in [0.1, 0.15) is 27.2 Å². The van der Waals surface area contributed by atoms with Gasteiger partial charge in [0.2, 0.25) is 0 Å². The summed E-state index contributed by atoms with van der Waals surface area (Å²) in [5, 5.41) is 0. The molecule has 0 spiro atoms. The van der Waals surface area contributed by atoms with Crippen LogP contribution in [0.2, 0.25) is 0 Å². The van der Waals surface area contributed by atoms with E-state index >= 15 is 0 Å². The lowest BCUT2D eigenvalue weighted by Crippen LogP contribution is -2.32. The highest BCUT2D eigenvalue weighted by Gasteiger charge is 2.27. The summed E-state index contributed by atoms with van der Waals surface area (Å²) >= 11 is 0. The number of nitrogens with two attached hydrogens (primary N) is 1. The highest BCUT2D eigenvalue weighted by Crippen LogP contribution is 2.20. The fourth-order valence-corrected chi connectivity index (χ4v) is 1.87. The van der Waals surface area contributed by atoms with Gasteiger partial charge in [0.15, 0.2) is 0 Å². The molecule has 4 nitrogen and oxygen atoms in total. The zero-order chi connectivity index (χ0) is 10.8. The fraction of sp³-hybridized carbons (Fsp3) is 0.900. The second-order valence-electron chi connectivity index (χ2n) is 5.14. The van der Waals surface area contributed by atoms with Gasteiger partial charge < -0.3 is 10.5 Å². The van der Waals surface area contributed by atoms with Gasteiger partial charge in [0.1, 0.15) is 6.10 Å². The first-order valence-electron chi connectivity index (χ1n) is 5.05. The van der Waals surface area contributed by atoms with E-state index in [0.717, 1.165) is 26.1 Å². The third-order valence-electron chi connectivity index (χ3n) is 2.21. The van der Waals surface area contributed by atoms with Gasteiger partial charge in [0.25, 0.3) is 0 Å². The second-order valence-corrected chi connectivity index (χ2v) is 5.14. The molecule has 4 heteroatoms. The highest BCUT2D eigenvalue weighted by molar-refractivity contribution is 5.64. The molecule has 0 unspecified atom stereocenters. The fourth-order valence-electron chi connectivity index (χ4n) is 1.87. The van der Waals surface area contributed by atoms with Crippen LogP contribution in [-0.2, 0) is 4.74 Å². The molecule has 1 aliphatic rings. The van der Waals surface area contributed by atoms with Crippen molar-refractivity contribution in [3.63, 3.8) is 0 Å². The molecule has 1 aliphatic heterocycles. The summed E-state index contributed by atoms with van der Waals surface area (Å²) in [6, 6.07) is 0. The molecule has 0 bridgehead atoms. The topological polar surface area (TPSA) is 55.6 Å². The van der Waals surface area contributed by atoms with Crippen molar-refractivity contribution in [1.82, 2.24) is 4.90 Å². The molecule has 1 atom stereocenters. The molecule has 1 amide bonds. The Morgan fingerprint density at radius 1 is 1.57 bits per heavy atom. The van der Waals surface area contributed by atoms with E-state index in [1.54, 1.807) is 0 Å². The van der Waals surface area contributed by atoms with Gasteiger partial charge in [-0.1, -0.05) is 20.8 Å². The van der Waals surface area contributed by atoms with Crippen LogP contribution in [0.5, 0.6) is 0 Å². The Hall–Kier alpha value is -0.770. The predicted octanol–water partition coefficient (Wildman–Crippen LogP) is 1.20. The zero-order valence-electron chi connectivity index (χ0n) is 9.25. The Kier molecular flexibility index (Phi) is 3.37. The van der Waals surface area contributed by atoms with Crippen molar-refractivity contribution in [2.75, 3.05) is 19.6 Å². The van der Waals surface area contributed by atoms with Gasteiger partial charge in [0, 0.05) is 19.6 Å². The van der Waals surface area contributed by atoms with Crippen molar-refractivity contribution in [3.05, 3.63) is 0 Å². The molecular weight excluding hydrogens is 180 g/mol. The smallest absolute Gasteiger partial charge is 0.404 e. The Labute approximate surface area is 85.4 Å². The third kappa shape index (κ3) is 3.96. The predicted molar refractivity (Wildman–Crippen MR) is 55.0 cm³/mol. The molecule has 1 saturated heterocycles. The molecule has 0 aromatic rings. The number of primary amides is 1. The van der Waals surface area contributed by atoms with Crippen molar-refractivity contribution in [1.29, 1.82) is 0 Å². The number of nitrogens with zero attached hydrogens (tertiary/aromatic N) is 1. The molecule has 2 N–H and O–H groups in total. The van der Waals surface area contributed by atoms with Gasteiger partial charge in [-0.25, -0.2) is 4.79 Å². The summed E-state index contributed by atoms with van der Waals surface area (Å²) in [5.74, 6) is 0. The standard InChI is InChI=1S/C10H20N2O2/c1-10(2,3)7-12-5-4-8(6-12)14-9(11)13/h8H,4-7H2,1-3H3,(H2,11,13)/t8-/m1/s1. The number of hydrogen-bond donors (Lipinski definition) is 1. The van der Waals surface area contributed by atoms with E-state index in [-0.39, 0.29) is 6.10 Å².